The van der Waals surface area contributed by atoms with Crippen molar-refractivity contribution < 1.29 is 38.2 Å². The number of alkyl carbamates (subject to hydrolysis) is 1. The average Bonchev–Trinajstić information content (AvgIpc) is 3.20. The van der Waals surface area contributed by atoms with Crippen molar-refractivity contribution >= 4 is 36.1 Å². The number of hydrogen-bond donors (Lipinski definition) is 2. The molecule has 3 aliphatic rings. The molecule has 278 valence electrons. The molecule has 2 N–H and O–H groups in total. The predicted octanol–water partition coefficient (Wildman–Crippen LogP) is 4.30. The third-order valence-electron chi connectivity index (χ3n) is 9.51. The molecule has 3 heterocycles. The molecule has 6 rings (SSSR count). The number of urea groups is 1. The molecule has 3 aromatic carbocycles. The minimum absolute atomic E-state index is 0.00769. The molecule has 0 aliphatic carbocycles. The number of β-lactam (4-membered cyclic amide) rings is 1. The Labute approximate surface area is 308 Å². The number of rotatable bonds is 9. The fourth-order valence-corrected chi connectivity index (χ4v) is 6.76. The van der Waals surface area contributed by atoms with Crippen LogP contribution in [0.5, 0.6) is 0 Å². The lowest BCUT2D eigenvalue weighted by Crippen LogP contribution is -2.70. The van der Waals surface area contributed by atoms with Crippen molar-refractivity contribution in [1.82, 2.24) is 25.3 Å². The summed E-state index contributed by atoms with van der Waals surface area (Å²) in [6.07, 6.45) is -0.0515. The van der Waals surface area contributed by atoms with Gasteiger partial charge in [-0.15, -0.1) is 4.99 Å². The highest BCUT2D eigenvalue weighted by Crippen LogP contribution is 2.37. The molecular formula is C39H44N6O8. The maximum atomic E-state index is 13.7. The van der Waals surface area contributed by atoms with Crippen molar-refractivity contribution in [3.8, 4) is 0 Å². The Hall–Kier alpha value is -5.76. The first-order chi connectivity index (χ1) is 25.9. The molecule has 14 heteroatoms. The zero-order valence-corrected chi connectivity index (χ0v) is 29.4. The lowest BCUT2D eigenvalue weighted by atomic mass is 9.78. The molecule has 0 bridgehead atoms. The van der Waals surface area contributed by atoms with Crippen molar-refractivity contribution in [3.05, 3.63) is 108 Å². The fraction of sp³-hybridized carbons (Fsp3) is 0.385. The van der Waals surface area contributed by atoms with E-state index in [0.717, 1.165) is 21.6 Å². The van der Waals surface area contributed by atoms with Crippen LogP contribution in [0.1, 0.15) is 36.0 Å². The van der Waals surface area contributed by atoms with Gasteiger partial charge in [0.25, 0.3) is 0 Å². The molecule has 3 atom stereocenters. The SMILES string of the molecule is O=C(/N=C(\NC(=O)OCc1ccccc1)N1CCCC(CC2C(=O)N(C(=O)N3CCNCC3)C2C(=O)OCc2ccccc2)C1)OCc1ccccc1. The highest BCUT2D eigenvalue weighted by Gasteiger charge is 2.56. The van der Waals surface area contributed by atoms with Crippen molar-refractivity contribution in [1.29, 1.82) is 0 Å². The second kappa shape index (κ2) is 18.1. The molecule has 0 spiro atoms. The Morgan fingerprint density at radius 3 is 1.91 bits per heavy atom. The van der Waals surface area contributed by atoms with Gasteiger partial charge in [-0.1, -0.05) is 91.0 Å². The number of nitrogens with zero attached hydrogens (tertiary/aromatic N) is 4. The maximum Gasteiger partial charge on any atom is 0.437 e. The lowest BCUT2D eigenvalue weighted by Gasteiger charge is -2.47. The summed E-state index contributed by atoms with van der Waals surface area (Å²) < 4.78 is 16.5. The molecule has 3 saturated heterocycles. The third-order valence-corrected chi connectivity index (χ3v) is 9.51. The summed E-state index contributed by atoms with van der Waals surface area (Å²) in [5.41, 5.74) is 2.35. The first-order valence-corrected chi connectivity index (χ1v) is 17.9. The minimum atomic E-state index is -1.07. The first kappa shape index (κ1) is 37.0. The summed E-state index contributed by atoms with van der Waals surface area (Å²) in [7, 11) is 0. The van der Waals surface area contributed by atoms with Gasteiger partial charge < -0.3 is 29.3 Å². The van der Waals surface area contributed by atoms with Gasteiger partial charge in [-0.2, -0.15) is 0 Å². The van der Waals surface area contributed by atoms with Crippen LogP contribution in [0.15, 0.2) is 96.0 Å². The molecule has 3 aliphatic heterocycles. The van der Waals surface area contributed by atoms with E-state index in [4.69, 9.17) is 14.2 Å². The quantitative estimate of drug-likeness (QED) is 0.107. The Morgan fingerprint density at radius 2 is 1.30 bits per heavy atom. The predicted molar refractivity (Wildman–Crippen MR) is 193 cm³/mol. The first-order valence-electron chi connectivity index (χ1n) is 17.9. The molecular weight excluding hydrogens is 680 g/mol. The Kier molecular flexibility index (Phi) is 12.7. The number of hydrogen-bond acceptors (Lipinski definition) is 9. The number of piperazine rings is 1. The van der Waals surface area contributed by atoms with Crippen LogP contribution in [-0.2, 0) is 43.6 Å². The van der Waals surface area contributed by atoms with Crippen molar-refractivity contribution in [3.63, 3.8) is 0 Å². The number of piperidine rings is 1. The average molecular weight is 725 g/mol. The zero-order chi connectivity index (χ0) is 37.0. The molecule has 3 aromatic rings. The van der Waals surface area contributed by atoms with Crippen LogP contribution in [0.4, 0.5) is 14.4 Å². The number of carbonyl (C=O) groups is 5. The van der Waals surface area contributed by atoms with Gasteiger partial charge >= 0.3 is 24.2 Å². The van der Waals surface area contributed by atoms with E-state index in [1.165, 1.54) is 0 Å². The number of imide groups is 1. The minimum Gasteiger partial charge on any atom is -0.459 e. The Balaban J connectivity index is 1.15. The summed E-state index contributed by atoms with van der Waals surface area (Å²) in [6, 6.07) is 26.0. The number of nitrogens with one attached hydrogen (secondary N) is 2. The standard InChI is InChI=1S/C39H44N6O8/c46-34-32(33(35(47)51-25-28-11-4-1-5-12-28)45(34)39(50)43-21-18-40-19-22-43)23-31-17-10-20-44(24-31)36(41-37(48)52-26-29-13-6-2-7-14-29)42-38(49)53-27-30-15-8-3-9-16-30/h1-9,11-16,31-33,40H,10,17-27H2,(H,41,42,48,49). The summed E-state index contributed by atoms with van der Waals surface area (Å²) in [4.78, 5) is 75.2. The molecule has 3 fully saturated rings. The van der Waals surface area contributed by atoms with Gasteiger partial charge in [0, 0.05) is 39.3 Å². The van der Waals surface area contributed by atoms with Gasteiger partial charge in [-0.05, 0) is 41.9 Å². The molecule has 0 aromatic heterocycles. The number of carbonyl (C=O) groups excluding carboxylic acids is 5. The molecule has 14 nitrogen and oxygen atoms in total. The highest BCUT2D eigenvalue weighted by molar-refractivity contribution is 6.08. The molecule has 5 amide bonds. The van der Waals surface area contributed by atoms with E-state index in [9.17, 15) is 24.0 Å². The zero-order valence-electron chi connectivity index (χ0n) is 29.4. The number of benzene rings is 3. The van der Waals surface area contributed by atoms with Crippen molar-refractivity contribution in [2.24, 2.45) is 16.8 Å². The summed E-state index contributed by atoms with van der Waals surface area (Å²) >= 11 is 0. The number of guanidine groups is 1. The second-order valence-corrected chi connectivity index (χ2v) is 13.2. The fourth-order valence-electron chi connectivity index (χ4n) is 6.76. The highest BCUT2D eigenvalue weighted by atomic mass is 16.6. The number of esters is 1. The smallest absolute Gasteiger partial charge is 0.437 e. The topological polar surface area (TPSA) is 159 Å². The number of likely N-dealkylation sites (tertiary alicyclic amines) is 2. The summed E-state index contributed by atoms with van der Waals surface area (Å²) in [5.74, 6) is -2.03. The molecule has 3 unspecified atom stereocenters. The number of ether oxygens (including phenoxy) is 3. The van der Waals surface area contributed by atoms with E-state index in [2.05, 4.69) is 15.6 Å². The normalized spacial score (nSPS) is 20.2. The van der Waals surface area contributed by atoms with Crippen LogP contribution < -0.4 is 10.6 Å². The Bertz CT molecular complexity index is 1750. The van der Waals surface area contributed by atoms with E-state index in [-0.39, 0.29) is 38.1 Å². The summed E-state index contributed by atoms with van der Waals surface area (Å²) in [5, 5.41) is 5.81. The van der Waals surface area contributed by atoms with Gasteiger partial charge in [-0.25, -0.2) is 24.1 Å². The number of aliphatic imine (C=N–C) groups is 1. The lowest BCUT2D eigenvalue weighted by molar-refractivity contribution is -0.172. The van der Waals surface area contributed by atoms with Crippen LogP contribution in [0.2, 0.25) is 0 Å². The summed E-state index contributed by atoms with van der Waals surface area (Å²) in [6.45, 7) is 2.81. The van der Waals surface area contributed by atoms with Gasteiger partial charge in [0.2, 0.25) is 11.9 Å². The molecule has 0 radical (unpaired) electrons. The largest absolute Gasteiger partial charge is 0.459 e. The van der Waals surface area contributed by atoms with E-state index >= 15 is 0 Å². The van der Waals surface area contributed by atoms with Crippen LogP contribution in [-0.4, -0.2) is 96.1 Å². The van der Waals surface area contributed by atoms with Crippen LogP contribution in [0.25, 0.3) is 0 Å². The van der Waals surface area contributed by atoms with Crippen molar-refractivity contribution in [2.45, 2.75) is 45.1 Å². The van der Waals surface area contributed by atoms with Crippen molar-refractivity contribution in [2.75, 3.05) is 39.3 Å². The van der Waals surface area contributed by atoms with Crippen LogP contribution in [0.3, 0.4) is 0 Å². The van der Waals surface area contributed by atoms with E-state index in [1.807, 2.05) is 91.0 Å². The van der Waals surface area contributed by atoms with E-state index < -0.39 is 42.1 Å². The van der Waals surface area contributed by atoms with Gasteiger partial charge in [0.1, 0.15) is 19.8 Å². The van der Waals surface area contributed by atoms with Gasteiger partial charge in [0.05, 0.1) is 5.92 Å². The monoisotopic (exact) mass is 724 g/mol. The molecule has 0 saturated carbocycles. The van der Waals surface area contributed by atoms with Gasteiger partial charge in [0.15, 0.2) is 6.04 Å². The van der Waals surface area contributed by atoms with Crippen LogP contribution >= 0.6 is 0 Å². The third kappa shape index (κ3) is 9.98. The van der Waals surface area contributed by atoms with Gasteiger partial charge in [-0.3, -0.25) is 10.1 Å². The Morgan fingerprint density at radius 1 is 0.736 bits per heavy atom. The second-order valence-electron chi connectivity index (χ2n) is 13.2. The van der Waals surface area contributed by atoms with Crippen LogP contribution in [0, 0.1) is 11.8 Å². The molecule has 53 heavy (non-hydrogen) atoms. The number of amides is 5. The van der Waals surface area contributed by atoms with E-state index in [0.29, 0.717) is 52.1 Å². The maximum absolute atomic E-state index is 13.7. The van der Waals surface area contributed by atoms with E-state index in [1.54, 1.807) is 9.80 Å².